The Hall–Kier alpha value is -1.47. The highest BCUT2D eigenvalue weighted by atomic mass is 79.9. The molecule has 0 amide bonds. The van der Waals surface area contributed by atoms with Crippen LogP contribution in [-0.4, -0.2) is 14.8 Å². The van der Waals surface area contributed by atoms with Crippen molar-refractivity contribution in [3.63, 3.8) is 0 Å². The molecule has 0 aliphatic rings. The monoisotopic (exact) mass is 328 g/mol. The van der Waals surface area contributed by atoms with E-state index in [4.69, 9.17) is 18.0 Å². The van der Waals surface area contributed by atoms with Gasteiger partial charge in [-0.05, 0) is 28.1 Å². The smallest absolute Gasteiger partial charge is 0.161 e. The normalized spacial score (nSPS) is 10.4. The molecule has 0 saturated carbocycles. The van der Waals surface area contributed by atoms with E-state index in [1.807, 2.05) is 0 Å². The summed E-state index contributed by atoms with van der Waals surface area (Å²) in [6, 6.07) is 4.97. The molecule has 0 spiro atoms. The zero-order valence-electron chi connectivity index (χ0n) is 9.45. The number of aryl methyl sites for hydroxylation is 1. The van der Waals surface area contributed by atoms with Gasteiger partial charge in [0.05, 0.1) is 10.2 Å². The number of thiocarbonyl (C=S) groups is 1. The first-order valence-corrected chi connectivity index (χ1v) is 6.23. The molecule has 0 unspecified atom stereocenters. The van der Waals surface area contributed by atoms with Crippen LogP contribution in [0, 0.1) is 5.82 Å². The molecule has 0 bridgehead atoms. The number of anilines is 2. The van der Waals surface area contributed by atoms with E-state index in [1.54, 1.807) is 36.1 Å². The highest BCUT2D eigenvalue weighted by Gasteiger charge is 2.13. The third-order valence-electron chi connectivity index (χ3n) is 2.32. The molecule has 0 radical (unpaired) electrons. The average Bonchev–Trinajstić information content (AvgIpc) is 2.70. The lowest BCUT2D eigenvalue weighted by Crippen LogP contribution is -2.11. The summed E-state index contributed by atoms with van der Waals surface area (Å²) in [7, 11) is 1.79. The second kappa shape index (κ2) is 5.03. The Morgan fingerprint density at radius 3 is 2.78 bits per heavy atom. The maximum atomic E-state index is 14.1. The predicted molar refractivity (Wildman–Crippen MR) is 76.5 cm³/mol. The van der Waals surface area contributed by atoms with E-state index < -0.39 is 5.82 Å². The molecule has 0 saturated heterocycles. The van der Waals surface area contributed by atoms with Gasteiger partial charge in [-0.2, -0.15) is 5.10 Å². The highest BCUT2D eigenvalue weighted by Crippen LogP contribution is 2.28. The molecular formula is C11H10BrFN4S. The summed E-state index contributed by atoms with van der Waals surface area (Å²) >= 11 is 7.97. The van der Waals surface area contributed by atoms with Gasteiger partial charge in [-0.25, -0.2) is 4.39 Å². The molecule has 2 rings (SSSR count). The van der Waals surface area contributed by atoms with E-state index in [2.05, 4.69) is 26.3 Å². The van der Waals surface area contributed by atoms with Crippen molar-refractivity contribution < 1.29 is 4.39 Å². The van der Waals surface area contributed by atoms with Crippen LogP contribution < -0.4 is 11.1 Å². The number of nitrogens with zero attached hydrogens (tertiary/aromatic N) is 2. The SMILES string of the molecule is Cn1ccc(Nc2ccc(C(N)=S)c(Br)c2F)n1. The minimum atomic E-state index is -0.453. The fourth-order valence-corrected chi connectivity index (χ4v) is 2.32. The predicted octanol–water partition coefficient (Wildman–Crippen LogP) is 2.70. The molecule has 0 aliphatic heterocycles. The second-order valence-corrected chi connectivity index (χ2v) is 4.89. The lowest BCUT2D eigenvalue weighted by Gasteiger charge is -2.09. The van der Waals surface area contributed by atoms with Crippen LogP contribution in [0.2, 0.25) is 0 Å². The standard InChI is InChI=1S/C11H10BrFN4S/c1-17-5-4-8(16-17)15-7-3-2-6(11(14)18)9(12)10(7)13/h2-5H,1H3,(H2,14,18)(H,15,16). The van der Waals surface area contributed by atoms with Crippen molar-refractivity contribution in [2.45, 2.75) is 0 Å². The van der Waals surface area contributed by atoms with Gasteiger partial charge < -0.3 is 11.1 Å². The van der Waals surface area contributed by atoms with Gasteiger partial charge in [0.2, 0.25) is 0 Å². The number of nitrogens with two attached hydrogens (primary N) is 1. The third kappa shape index (κ3) is 2.51. The van der Waals surface area contributed by atoms with Crippen LogP contribution in [0.5, 0.6) is 0 Å². The number of rotatable bonds is 3. The molecule has 1 heterocycles. The first-order valence-electron chi connectivity index (χ1n) is 5.03. The van der Waals surface area contributed by atoms with Gasteiger partial charge in [0.25, 0.3) is 0 Å². The largest absolute Gasteiger partial charge is 0.389 e. The van der Waals surface area contributed by atoms with E-state index in [1.165, 1.54) is 0 Å². The average molecular weight is 329 g/mol. The Morgan fingerprint density at radius 2 is 2.22 bits per heavy atom. The summed E-state index contributed by atoms with van der Waals surface area (Å²) < 4.78 is 15.9. The van der Waals surface area contributed by atoms with E-state index in [0.717, 1.165) is 0 Å². The minimum absolute atomic E-state index is 0.144. The van der Waals surface area contributed by atoms with Crippen molar-refractivity contribution in [3.05, 3.63) is 40.2 Å². The van der Waals surface area contributed by atoms with Crippen LogP contribution >= 0.6 is 28.1 Å². The van der Waals surface area contributed by atoms with Crippen LogP contribution in [0.15, 0.2) is 28.9 Å². The number of nitrogens with one attached hydrogen (secondary N) is 1. The van der Waals surface area contributed by atoms with Gasteiger partial charge in [-0.3, -0.25) is 4.68 Å². The van der Waals surface area contributed by atoms with Crippen LogP contribution in [0.25, 0.3) is 0 Å². The molecule has 4 nitrogen and oxygen atoms in total. The molecule has 0 fully saturated rings. The lowest BCUT2D eigenvalue weighted by atomic mass is 10.2. The topological polar surface area (TPSA) is 55.9 Å². The molecule has 2 aromatic rings. The molecule has 0 aliphatic carbocycles. The molecular weight excluding hydrogens is 319 g/mol. The number of aromatic nitrogens is 2. The Labute approximate surface area is 117 Å². The number of benzene rings is 1. The van der Waals surface area contributed by atoms with Crippen molar-refractivity contribution in [1.29, 1.82) is 0 Å². The Morgan fingerprint density at radius 1 is 1.50 bits per heavy atom. The third-order valence-corrected chi connectivity index (χ3v) is 3.32. The second-order valence-electron chi connectivity index (χ2n) is 3.65. The number of hydrogen-bond acceptors (Lipinski definition) is 3. The minimum Gasteiger partial charge on any atom is -0.389 e. The maximum absolute atomic E-state index is 14.1. The van der Waals surface area contributed by atoms with Gasteiger partial charge in [0.15, 0.2) is 11.6 Å². The van der Waals surface area contributed by atoms with Crippen LogP contribution in [0.3, 0.4) is 0 Å². The van der Waals surface area contributed by atoms with Crippen molar-refractivity contribution in [1.82, 2.24) is 9.78 Å². The van der Waals surface area contributed by atoms with E-state index in [0.29, 0.717) is 17.1 Å². The summed E-state index contributed by atoms with van der Waals surface area (Å²) in [6.45, 7) is 0. The molecule has 1 aromatic carbocycles. The fourth-order valence-electron chi connectivity index (χ4n) is 1.46. The van der Waals surface area contributed by atoms with Crippen molar-refractivity contribution in [2.24, 2.45) is 12.8 Å². The summed E-state index contributed by atoms with van der Waals surface area (Å²) in [5, 5.41) is 6.99. The summed E-state index contributed by atoms with van der Waals surface area (Å²) in [4.78, 5) is 0.144. The molecule has 94 valence electrons. The first kappa shape index (κ1) is 13.0. The van der Waals surface area contributed by atoms with Crippen molar-refractivity contribution in [2.75, 3.05) is 5.32 Å². The zero-order valence-corrected chi connectivity index (χ0v) is 11.8. The van der Waals surface area contributed by atoms with Gasteiger partial charge in [-0.15, -0.1) is 0 Å². The number of hydrogen-bond donors (Lipinski definition) is 2. The van der Waals surface area contributed by atoms with E-state index in [9.17, 15) is 4.39 Å². The Balaban J connectivity index is 2.35. The van der Waals surface area contributed by atoms with Gasteiger partial charge in [0, 0.05) is 24.9 Å². The summed E-state index contributed by atoms with van der Waals surface area (Å²) in [5.41, 5.74) is 6.26. The van der Waals surface area contributed by atoms with E-state index >= 15 is 0 Å². The molecule has 18 heavy (non-hydrogen) atoms. The Bertz CT molecular complexity index is 611. The lowest BCUT2D eigenvalue weighted by molar-refractivity contribution is 0.624. The van der Waals surface area contributed by atoms with Crippen molar-refractivity contribution >= 4 is 44.6 Å². The fraction of sp³-hybridized carbons (Fsp3) is 0.0909. The van der Waals surface area contributed by atoms with Crippen molar-refractivity contribution in [3.8, 4) is 0 Å². The molecule has 7 heteroatoms. The zero-order chi connectivity index (χ0) is 13.3. The highest BCUT2D eigenvalue weighted by molar-refractivity contribution is 9.10. The molecule has 1 aromatic heterocycles. The van der Waals surface area contributed by atoms with Gasteiger partial charge in [-0.1, -0.05) is 12.2 Å². The van der Waals surface area contributed by atoms with Crippen LogP contribution in [0.1, 0.15) is 5.56 Å². The van der Waals surface area contributed by atoms with Crippen LogP contribution in [0.4, 0.5) is 15.9 Å². The Kier molecular flexibility index (Phi) is 3.63. The first-order chi connectivity index (χ1) is 8.49. The molecule has 0 atom stereocenters. The quantitative estimate of drug-likeness (QED) is 0.850. The van der Waals surface area contributed by atoms with Gasteiger partial charge in [0.1, 0.15) is 4.99 Å². The maximum Gasteiger partial charge on any atom is 0.161 e. The summed E-state index contributed by atoms with van der Waals surface area (Å²) in [5.74, 6) is 0.109. The summed E-state index contributed by atoms with van der Waals surface area (Å²) in [6.07, 6.45) is 1.76. The van der Waals surface area contributed by atoms with Gasteiger partial charge >= 0.3 is 0 Å². The van der Waals surface area contributed by atoms with E-state index in [-0.39, 0.29) is 9.46 Å². The van der Waals surface area contributed by atoms with Crippen LogP contribution in [-0.2, 0) is 7.05 Å². The number of halogens is 2. The molecule has 3 N–H and O–H groups in total.